The minimum absolute atomic E-state index is 0.183. The minimum atomic E-state index is 0.183. The number of benzene rings is 1. The maximum atomic E-state index is 12.5. The number of halogens is 1. The van der Waals surface area contributed by atoms with Gasteiger partial charge in [-0.1, -0.05) is 49.9 Å². The fraction of sp³-hybridized carbons (Fsp3) is 0.562. The fourth-order valence-corrected chi connectivity index (χ4v) is 3.18. The summed E-state index contributed by atoms with van der Waals surface area (Å²) in [5.74, 6) is 1.15. The Balaban J connectivity index is 2.18. The van der Waals surface area contributed by atoms with Gasteiger partial charge in [-0.3, -0.25) is 4.79 Å². The molecule has 1 nitrogen and oxygen atoms in total. The average Bonchev–Trinajstić information content (AvgIpc) is 2.41. The van der Waals surface area contributed by atoms with Crippen LogP contribution in [0.2, 0.25) is 5.02 Å². The smallest absolute Gasteiger partial charge is 0.167 e. The predicted octanol–water partition coefficient (Wildman–Crippen LogP) is 5.05. The molecule has 98 valence electrons. The third kappa shape index (κ3) is 2.77. The molecule has 0 spiro atoms. The molecule has 2 heteroatoms. The molecule has 0 bridgehead atoms. The van der Waals surface area contributed by atoms with Crippen LogP contribution in [0.3, 0.4) is 0 Å². The molecule has 0 heterocycles. The van der Waals surface area contributed by atoms with Gasteiger partial charge in [0.25, 0.3) is 0 Å². The first-order valence-electron chi connectivity index (χ1n) is 6.92. The zero-order valence-corrected chi connectivity index (χ0v) is 12.0. The fourth-order valence-electron chi connectivity index (χ4n) is 2.96. The molecule has 0 N–H and O–H groups in total. The number of carbonyl (C=O) groups excluding carboxylic acids is 1. The average molecular weight is 265 g/mol. The quantitative estimate of drug-likeness (QED) is 0.699. The Bertz CT molecular complexity index is 439. The molecule has 1 aliphatic carbocycles. The zero-order valence-electron chi connectivity index (χ0n) is 11.2. The molecule has 1 saturated carbocycles. The van der Waals surface area contributed by atoms with Crippen LogP contribution in [0, 0.1) is 18.8 Å². The molecular formula is C16H21ClO. The van der Waals surface area contributed by atoms with E-state index in [1.165, 1.54) is 19.3 Å². The van der Waals surface area contributed by atoms with Gasteiger partial charge < -0.3 is 0 Å². The zero-order chi connectivity index (χ0) is 13.1. The van der Waals surface area contributed by atoms with Crippen molar-refractivity contribution in [2.45, 2.75) is 46.0 Å². The number of Topliss-reactive ketones (excluding diaryl/α,β-unsaturated/α-hetero) is 1. The number of carbonyl (C=O) groups is 1. The number of hydrogen-bond acceptors (Lipinski definition) is 1. The van der Waals surface area contributed by atoms with Crippen molar-refractivity contribution in [2.75, 3.05) is 0 Å². The van der Waals surface area contributed by atoms with Crippen LogP contribution >= 0.6 is 11.6 Å². The van der Waals surface area contributed by atoms with E-state index in [4.69, 9.17) is 11.6 Å². The van der Waals surface area contributed by atoms with Crippen LogP contribution in [0.1, 0.15) is 54.9 Å². The lowest BCUT2D eigenvalue weighted by Gasteiger charge is -2.27. The van der Waals surface area contributed by atoms with Crippen LogP contribution in [0.4, 0.5) is 0 Å². The second-order valence-corrected chi connectivity index (χ2v) is 5.82. The maximum absolute atomic E-state index is 12.5. The summed E-state index contributed by atoms with van der Waals surface area (Å²) in [5.41, 5.74) is 1.71. The summed E-state index contributed by atoms with van der Waals surface area (Å²) < 4.78 is 0. The van der Waals surface area contributed by atoms with Crippen molar-refractivity contribution < 1.29 is 4.79 Å². The summed E-state index contributed by atoms with van der Waals surface area (Å²) in [4.78, 5) is 12.5. The highest BCUT2D eigenvalue weighted by atomic mass is 35.5. The molecule has 0 radical (unpaired) electrons. The van der Waals surface area contributed by atoms with Crippen LogP contribution in [0.5, 0.6) is 0 Å². The van der Waals surface area contributed by atoms with Crippen molar-refractivity contribution in [3.63, 3.8) is 0 Å². The van der Waals surface area contributed by atoms with E-state index in [-0.39, 0.29) is 11.7 Å². The van der Waals surface area contributed by atoms with Gasteiger partial charge in [-0.25, -0.2) is 0 Å². The van der Waals surface area contributed by atoms with Crippen LogP contribution in [-0.4, -0.2) is 5.78 Å². The predicted molar refractivity (Wildman–Crippen MR) is 76.3 cm³/mol. The minimum Gasteiger partial charge on any atom is -0.294 e. The van der Waals surface area contributed by atoms with E-state index in [0.717, 1.165) is 29.9 Å². The molecule has 18 heavy (non-hydrogen) atoms. The third-order valence-corrected chi connectivity index (χ3v) is 4.69. The molecule has 1 fully saturated rings. The van der Waals surface area contributed by atoms with Crippen molar-refractivity contribution in [3.05, 3.63) is 34.3 Å². The SMILES string of the molecule is CCC1CCCC(C(=O)c2cccc(C)c2Cl)C1. The number of ketones is 1. The van der Waals surface area contributed by atoms with Crippen molar-refractivity contribution in [1.29, 1.82) is 0 Å². The van der Waals surface area contributed by atoms with E-state index in [1.807, 2.05) is 25.1 Å². The Hall–Kier alpha value is -0.820. The van der Waals surface area contributed by atoms with E-state index < -0.39 is 0 Å². The largest absolute Gasteiger partial charge is 0.294 e. The van der Waals surface area contributed by atoms with E-state index in [0.29, 0.717) is 5.02 Å². The van der Waals surface area contributed by atoms with Crippen molar-refractivity contribution in [2.24, 2.45) is 11.8 Å². The van der Waals surface area contributed by atoms with Crippen molar-refractivity contribution in [3.8, 4) is 0 Å². The molecule has 1 aromatic rings. The first kappa shape index (κ1) is 13.6. The number of aryl methyl sites for hydroxylation is 1. The standard InChI is InChI=1S/C16H21ClO/c1-3-12-7-5-8-13(10-12)16(18)14-9-4-6-11(2)15(14)17/h4,6,9,12-13H,3,5,7-8,10H2,1-2H3. The van der Waals surface area contributed by atoms with Gasteiger partial charge in [0, 0.05) is 11.5 Å². The van der Waals surface area contributed by atoms with E-state index in [1.54, 1.807) is 0 Å². The number of rotatable bonds is 3. The first-order valence-corrected chi connectivity index (χ1v) is 7.30. The van der Waals surface area contributed by atoms with E-state index in [9.17, 15) is 4.79 Å². The van der Waals surface area contributed by atoms with Crippen molar-refractivity contribution in [1.82, 2.24) is 0 Å². The van der Waals surface area contributed by atoms with Gasteiger partial charge in [0.1, 0.15) is 0 Å². The highest BCUT2D eigenvalue weighted by molar-refractivity contribution is 6.34. The lowest BCUT2D eigenvalue weighted by atomic mass is 9.77. The second-order valence-electron chi connectivity index (χ2n) is 5.44. The highest BCUT2D eigenvalue weighted by Gasteiger charge is 2.28. The summed E-state index contributed by atoms with van der Waals surface area (Å²) in [6, 6.07) is 5.75. The monoisotopic (exact) mass is 264 g/mol. The highest BCUT2D eigenvalue weighted by Crippen LogP contribution is 2.34. The molecule has 2 atom stereocenters. The van der Waals surface area contributed by atoms with Gasteiger partial charge in [0.15, 0.2) is 5.78 Å². The van der Waals surface area contributed by atoms with Crippen molar-refractivity contribution >= 4 is 17.4 Å². The Labute approximate surface area is 115 Å². The summed E-state index contributed by atoms with van der Waals surface area (Å²) in [7, 11) is 0. The Kier molecular flexibility index (Phi) is 4.45. The third-order valence-electron chi connectivity index (χ3n) is 4.19. The maximum Gasteiger partial charge on any atom is 0.167 e. The summed E-state index contributed by atoms with van der Waals surface area (Å²) in [6.45, 7) is 4.17. The first-order chi connectivity index (χ1) is 8.63. The lowest BCUT2D eigenvalue weighted by Crippen LogP contribution is -2.23. The molecule has 0 aromatic heterocycles. The second kappa shape index (κ2) is 5.88. The molecule has 1 aromatic carbocycles. The molecule has 2 unspecified atom stereocenters. The van der Waals surface area contributed by atoms with Crippen LogP contribution in [0.15, 0.2) is 18.2 Å². The van der Waals surface area contributed by atoms with Gasteiger partial charge in [-0.15, -0.1) is 0 Å². The molecule has 0 saturated heterocycles. The Morgan fingerprint density at radius 1 is 1.39 bits per heavy atom. The normalized spacial score (nSPS) is 23.9. The molecule has 2 rings (SSSR count). The molecular weight excluding hydrogens is 244 g/mol. The van der Waals surface area contributed by atoms with E-state index >= 15 is 0 Å². The van der Waals surface area contributed by atoms with Gasteiger partial charge in [-0.05, 0) is 37.3 Å². The number of hydrogen-bond donors (Lipinski definition) is 0. The van der Waals surface area contributed by atoms with E-state index in [2.05, 4.69) is 6.92 Å². The molecule has 0 aliphatic heterocycles. The Morgan fingerprint density at radius 3 is 2.89 bits per heavy atom. The van der Waals surface area contributed by atoms with Crippen LogP contribution in [0.25, 0.3) is 0 Å². The molecule has 0 amide bonds. The van der Waals surface area contributed by atoms with Crippen LogP contribution < -0.4 is 0 Å². The van der Waals surface area contributed by atoms with Gasteiger partial charge in [0.2, 0.25) is 0 Å². The topological polar surface area (TPSA) is 17.1 Å². The Morgan fingerprint density at radius 2 is 2.17 bits per heavy atom. The summed E-state index contributed by atoms with van der Waals surface area (Å²) in [5, 5.41) is 0.640. The lowest BCUT2D eigenvalue weighted by molar-refractivity contribution is 0.0862. The van der Waals surface area contributed by atoms with Crippen LogP contribution in [-0.2, 0) is 0 Å². The summed E-state index contributed by atoms with van der Waals surface area (Å²) in [6.07, 6.45) is 5.71. The molecule has 1 aliphatic rings. The van der Waals surface area contributed by atoms with Gasteiger partial charge in [0.05, 0.1) is 5.02 Å². The van der Waals surface area contributed by atoms with Gasteiger partial charge in [-0.2, -0.15) is 0 Å². The van der Waals surface area contributed by atoms with Gasteiger partial charge >= 0.3 is 0 Å². The summed E-state index contributed by atoms with van der Waals surface area (Å²) >= 11 is 6.26.